The Morgan fingerprint density at radius 1 is 1.00 bits per heavy atom. The lowest BCUT2D eigenvalue weighted by Crippen LogP contribution is -2.47. The van der Waals surface area contributed by atoms with Crippen LogP contribution in [0, 0.1) is 6.92 Å². The monoisotopic (exact) mass is 476 g/mol. The summed E-state index contributed by atoms with van der Waals surface area (Å²) in [6, 6.07) is 12.4. The van der Waals surface area contributed by atoms with Crippen LogP contribution in [0.3, 0.4) is 0 Å². The van der Waals surface area contributed by atoms with Crippen molar-refractivity contribution >= 4 is 23.3 Å². The Bertz CT molecular complexity index is 1090. The molecule has 186 valence electrons. The van der Waals surface area contributed by atoms with E-state index in [0.29, 0.717) is 19.5 Å². The molecule has 0 spiro atoms. The Hall–Kier alpha value is -3.19. The second-order valence-corrected chi connectivity index (χ2v) is 9.61. The second kappa shape index (κ2) is 11.0. The number of nitrogens with one attached hydrogen (secondary N) is 2. The van der Waals surface area contributed by atoms with Crippen molar-refractivity contribution in [1.29, 1.82) is 0 Å². The zero-order valence-corrected chi connectivity index (χ0v) is 21.0. The van der Waals surface area contributed by atoms with Gasteiger partial charge in [0.05, 0.1) is 13.1 Å². The van der Waals surface area contributed by atoms with Gasteiger partial charge in [-0.05, 0) is 61.1 Å². The molecule has 2 aromatic carbocycles. The van der Waals surface area contributed by atoms with Gasteiger partial charge in [-0.1, -0.05) is 37.3 Å². The van der Waals surface area contributed by atoms with Crippen molar-refractivity contribution in [2.45, 2.75) is 45.6 Å². The number of anilines is 1. The lowest BCUT2D eigenvalue weighted by atomic mass is 10.0. The summed E-state index contributed by atoms with van der Waals surface area (Å²) in [6.07, 6.45) is 2.96. The fourth-order valence-corrected chi connectivity index (χ4v) is 5.16. The molecule has 0 unspecified atom stereocenters. The molecule has 4 rings (SSSR count). The number of carbonyl (C=O) groups is 3. The number of benzene rings is 2. The van der Waals surface area contributed by atoms with Gasteiger partial charge in [-0.25, -0.2) is 0 Å². The number of hydrogen-bond donors (Lipinski definition) is 2. The molecule has 0 saturated heterocycles. The first-order chi connectivity index (χ1) is 16.9. The molecule has 0 aliphatic heterocycles. The fourth-order valence-electron chi connectivity index (χ4n) is 5.16. The number of ketones is 1. The Morgan fingerprint density at radius 3 is 2.40 bits per heavy atom. The smallest absolute Gasteiger partial charge is 0.242 e. The summed E-state index contributed by atoms with van der Waals surface area (Å²) in [5, 5.41) is 6.12. The van der Waals surface area contributed by atoms with Crippen molar-refractivity contribution in [2.75, 3.05) is 44.7 Å². The molecule has 35 heavy (non-hydrogen) atoms. The van der Waals surface area contributed by atoms with E-state index in [0.717, 1.165) is 48.2 Å². The molecule has 2 aliphatic rings. The number of aryl methyl sites for hydroxylation is 2. The van der Waals surface area contributed by atoms with E-state index >= 15 is 0 Å². The molecule has 7 nitrogen and oxygen atoms in total. The van der Waals surface area contributed by atoms with Crippen LogP contribution in [0.2, 0.25) is 0 Å². The molecule has 2 N–H and O–H groups in total. The maximum atomic E-state index is 13.4. The summed E-state index contributed by atoms with van der Waals surface area (Å²) in [5.41, 5.74) is 6.11. The molecular weight excluding hydrogens is 440 g/mol. The molecule has 2 aromatic rings. The van der Waals surface area contributed by atoms with Crippen LogP contribution in [0.25, 0.3) is 0 Å². The summed E-state index contributed by atoms with van der Waals surface area (Å²) in [7, 11) is 1.85. The largest absolute Gasteiger partial charge is 0.353 e. The first-order valence-electron chi connectivity index (χ1n) is 12.6. The van der Waals surface area contributed by atoms with Crippen LogP contribution in [-0.4, -0.2) is 68.3 Å². The molecule has 0 fully saturated rings. The lowest BCUT2D eigenvalue weighted by molar-refractivity contribution is -0.130. The number of fused-ring (bicyclic) bond motifs is 2. The van der Waals surface area contributed by atoms with Crippen molar-refractivity contribution in [3.63, 3.8) is 0 Å². The molecule has 0 atom stereocenters. The molecule has 2 aliphatic carbocycles. The Morgan fingerprint density at radius 2 is 1.71 bits per heavy atom. The van der Waals surface area contributed by atoms with E-state index in [1.54, 1.807) is 0 Å². The third-order valence-corrected chi connectivity index (χ3v) is 7.19. The van der Waals surface area contributed by atoms with Gasteiger partial charge < -0.3 is 20.4 Å². The van der Waals surface area contributed by atoms with Crippen LogP contribution in [-0.2, 0) is 28.9 Å². The quantitative estimate of drug-likeness (QED) is 0.514. The maximum Gasteiger partial charge on any atom is 0.242 e. The first-order valence-corrected chi connectivity index (χ1v) is 12.6. The zero-order chi connectivity index (χ0) is 24.9. The lowest BCUT2D eigenvalue weighted by Gasteiger charge is -2.30. The predicted molar refractivity (Wildman–Crippen MR) is 138 cm³/mol. The highest BCUT2D eigenvalue weighted by Gasteiger charge is 2.29. The van der Waals surface area contributed by atoms with Crippen molar-refractivity contribution in [3.8, 4) is 0 Å². The summed E-state index contributed by atoms with van der Waals surface area (Å²) in [4.78, 5) is 42.3. The number of nitrogens with zero attached hydrogens (tertiary/aromatic N) is 2. The normalized spacial score (nSPS) is 14.5. The van der Waals surface area contributed by atoms with E-state index in [1.807, 2.05) is 55.0 Å². The molecule has 0 radical (unpaired) electrons. The predicted octanol–water partition coefficient (Wildman–Crippen LogP) is 2.28. The topological polar surface area (TPSA) is 81.8 Å². The first kappa shape index (κ1) is 24.9. The number of hydrogen-bond acceptors (Lipinski definition) is 5. The van der Waals surface area contributed by atoms with Gasteiger partial charge in [-0.15, -0.1) is 0 Å². The summed E-state index contributed by atoms with van der Waals surface area (Å²) in [5.74, 6) is -0.0456. The van der Waals surface area contributed by atoms with Crippen molar-refractivity contribution < 1.29 is 14.4 Å². The fraction of sp³-hybridized carbons (Fsp3) is 0.464. The van der Waals surface area contributed by atoms with Crippen molar-refractivity contribution in [2.24, 2.45) is 0 Å². The SMILES string of the molecule is CCNCCNC(=O)CN(CC(=O)N(C)C1Cc2ccccc2C1)c1cc2c(cc1C)CCC2=O. The average molecular weight is 477 g/mol. The summed E-state index contributed by atoms with van der Waals surface area (Å²) in [6.45, 7) is 6.20. The standard InChI is InChI=1S/C28H36N4O3/c1-4-29-11-12-30-27(34)17-32(25-16-24-22(13-19(25)2)9-10-26(24)33)18-28(35)31(3)23-14-20-7-5-6-8-21(20)15-23/h5-8,13,16,23,29H,4,9-12,14-15,17-18H2,1-3H3,(H,30,34). The summed E-state index contributed by atoms with van der Waals surface area (Å²) >= 11 is 0. The minimum Gasteiger partial charge on any atom is -0.353 e. The number of Topliss-reactive ketones (excluding diaryl/α,β-unsaturated/α-hetero) is 1. The maximum absolute atomic E-state index is 13.4. The van der Waals surface area contributed by atoms with E-state index in [-0.39, 0.29) is 36.7 Å². The number of rotatable bonds is 10. The Balaban J connectivity index is 1.50. The van der Waals surface area contributed by atoms with Gasteiger partial charge in [0.15, 0.2) is 5.78 Å². The molecule has 0 heterocycles. The van der Waals surface area contributed by atoms with E-state index < -0.39 is 0 Å². The average Bonchev–Trinajstić information content (AvgIpc) is 3.43. The van der Waals surface area contributed by atoms with Gasteiger partial charge in [0.1, 0.15) is 0 Å². The molecule has 7 heteroatoms. The zero-order valence-electron chi connectivity index (χ0n) is 21.0. The van der Waals surface area contributed by atoms with Crippen molar-refractivity contribution in [3.05, 3.63) is 64.2 Å². The number of carbonyl (C=O) groups excluding carboxylic acids is 3. The van der Waals surface area contributed by atoms with Crippen LogP contribution >= 0.6 is 0 Å². The van der Waals surface area contributed by atoms with Gasteiger partial charge in [0, 0.05) is 43.9 Å². The van der Waals surface area contributed by atoms with E-state index in [4.69, 9.17) is 0 Å². The second-order valence-electron chi connectivity index (χ2n) is 9.61. The molecular formula is C28H36N4O3. The molecule has 0 aromatic heterocycles. The molecule has 0 saturated carbocycles. The van der Waals surface area contributed by atoms with Gasteiger partial charge >= 0.3 is 0 Å². The van der Waals surface area contributed by atoms with Gasteiger partial charge in [-0.3, -0.25) is 14.4 Å². The van der Waals surface area contributed by atoms with Crippen LogP contribution in [0.5, 0.6) is 0 Å². The van der Waals surface area contributed by atoms with Crippen molar-refractivity contribution in [1.82, 2.24) is 15.5 Å². The van der Waals surface area contributed by atoms with Crippen LogP contribution < -0.4 is 15.5 Å². The highest BCUT2D eigenvalue weighted by molar-refractivity contribution is 6.01. The van der Waals surface area contributed by atoms with Gasteiger partial charge in [0.25, 0.3) is 0 Å². The van der Waals surface area contributed by atoms with E-state index in [1.165, 1.54) is 11.1 Å². The van der Waals surface area contributed by atoms with E-state index in [9.17, 15) is 14.4 Å². The highest BCUT2D eigenvalue weighted by Crippen LogP contribution is 2.31. The van der Waals surface area contributed by atoms with Crippen LogP contribution in [0.15, 0.2) is 36.4 Å². The number of likely N-dealkylation sites (N-methyl/N-ethyl adjacent to an activating group) is 2. The molecule has 2 amide bonds. The third-order valence-electron chi connectivity index (χ3n) is 7.19. The Labute approximate surface area is 207 Å². The van der Waals surface area contributed by atoms with Crippen LogP contribution in [0.4, 0.5) is 5.69 Å². The minimum absolute atomic E-state index is 0.0329. The minimum atomic E-state index is -0.141. The highest BCUT2D eigenvalue weighted by atomic mass is 16.2. The third kappa shape index (κ3) is 5.73. The van der Waals surface area contributed by atoms with E-state index in [2.05, 4.69) is 22.8 Å². The van der Waals surface area contributed by atoms with Gasteiger partial charge in [0.2, 0.25) is 11.8 Å². The number of amides is 2. The Kier molecular flexibility index (Phi) is 7.86. The van der Waals surface area contributed by atoms with Crippen LogP contribution in [0.1, 0.15) is 46.0 Å². The molecule has 0 bridgehead atoms. The summed E-state index contributed by atoms with van der Waals surface area (Å²) < 4.78 is 0. The van der Waals surface area contributed by atoms with Gasteiger partial charge in [-0.2, -0.15) is 0 Å².